The van der Waals surface area contributed by atoms with E-state index in [2.05, 4.69) is 30.1 Å². The summed E-state index contributed by atoms with van der Waals surface area (Å²) >= 11 is 0. The normalized spacial score (nSPS) is 11.0. The van der Waals surface area contributed by atoms with Crippen molar-refractivity contribution in [2.75, 3.05) is 5.73 Å². The van der Waals surface area contributed by atoms with Crippen molar-refractivity contribution < 1.29 is 4.74 Å². The van der Waals surface area contributed by atoms with Gasteiger partial charge in [0.1, 0.15) is 18.3 Å². The van der Waals surface area contributed by atoms with Crippen LogP contribution in [0, 0.1) is 13.8 Å². The maximum Gasteiger partial charge on any atom is 0.240 e. The molecule has 0 aliphatic carbocycles. The molecule has 148 valence electrons. The van der Waals surface area contributed by atoms with Crippen LogP contribution in [-0.2, 0) is 20.1 Å². The van der Waals surface area contributed by atoms with Gasteiger partial charge >= 0.3 is 0 Å². The van der Waals surface area contributed by atoms with Gasteiger partial charge in [0.2, 0.25) is 11.8 Å². The summed E-state index contributed by atoms with van der Waals surface area (Å²) in [7, 11) is 1.86. The van der Waals surface area contributed by atoms with E-state index in [1.54, 1.807) is 34.7 Å². The fourth-order valence-corrected chi connectivity index (χ4v) is 2.85. The Hall–Kier alpha value is -3.82. The average molecular weight is 391 g/mol. The monoisotopic (exact) mass is 391 g/mol. The van der Waals surface area contributed by atoms with Gasteiger partial charge in [-0.3, -0.25) is 9.67 Å². The Kier molecular flexibility index (Phi) is 4.90. The van der Waals surface area contributed by atoms with Crippen LogP contribution in [0.4, 0.5) is 5.95 Å². The van der Waals surface area contributed by atoms with E-state index in [1.165, 1.54) is 0 Å². The molecule has 0 aliphatic heterocycles. The van der Waals surface area contributed by atoms with E-state index in [9.17, 15) is 0 Å². The fraction of sp³-hybridized carbons (Fsp3) is 0.263. The molecule has 0 radical (unpaired) electrons. The molecular weight excluding hydrogens is 370 g/mol. The second-order valence-electron chi connectivity index (χ2n) is 6.72. The van der Waals surface area contributed by atoms with Crippen LogP contribution in [0.25, 0.3) is 5.82 Å². The van der Waals surface area contributed by atoms with Gasteiger partial charge in [-0.05, 0) is 31.0 Å². The highest BCUT2D eigenvalue weighted by molar-refractivity contribution is 5.32. The van der Waals surface area contributed by atoms with Crippen LogP contribution in [0.1, 0.15) is 28.5 Å². The Labute approximate surface area is 167 Å². The van der Waals surface area contributed by atoms with Crippen molar-refractivity contribution in [3.8, 4) is 11.7 Å². The van der Waals surface area contributed by atoms with E-state index in [0.29, 0.717) is 36.4 Å². The maximum atomic E-state index is 5.85. The maximum absolute atomic E-state index is 5.85. The summed E-state index contributed by atoms with van der Waals surface area (Å²) in [5.74, 6) is 2.34. The zero-order chi connectivity index (χ0) is 20.4. The van der Waals surface area contributed by atoms with E-state index in [-0.39, 0.29) is 5.95 Å². The van der Waals surface area contributed by atoms with E-state index in [4.69, 9.17) is 10.5 Å². The molecule has 0 bridgehead atoms. The van der Waals surface area contributed by atoms with Gasteiger partial charge in [-0.25, -0.2) is 4.98 Å². The Bertz CT molecular complexity index is 1130. The molecule has 4 aromatic rings. The molecule has 4 rings (SSSR count). The molecule has 29 heavy (non-hydrogen) atoms. The lowest BCUT2D eigenvalue weighted by molar-refractivity contribution is 0.287. The molecule has 0 atom stereocenters. The second-order valence-corrected chi connectivity index (χ2v) is 6.72. The number of nitrogens with two attached hydrogens (primary N) is 1. The number of anilines is 1. The standard InChI is InChI=1S/C19H21N9O/c1-12-4-5-15(21-8-12)11-29-18-7-17(23-13(2)24-18)28-16(25-19(20)26-28)6-14-9-22-27(3)10-14/h4-5,7-10H,6,11H2,1-3H3,(H2,20,26). The van der Waals surface area contributed by atoms with Crippen molar-refractivity contribution in [1.29, 1.82) is 0 Å². The van der Waals surface area contributed by atoms with Gasteiger partial charge in [0, 0.05) is 31.9 Å². The lowest BCUT2D eigenvalue weighted by Gasteiger charge is -2.09. The highest BCUT2D eigenvalue weighted by Gasteiger charge is 2.15. The summed E-state index contributed by atoms with van der Waals surface area (Å²) in [6, 6.07) is 5.63. The molecule has 4 heterocycles. The van der Waals surface area contributed by atoms with Gasteiger partial charge in [-0.1, -0.05) is 6.07 Å². The Morgan fingerprint density at radius 3 is 2.69 bits per heavy atom. The summed E-state index contributed by atoms with van der Waals surface area (Å²) in [4.78, 5) is 17.5. The van der Waals surface area contributed by atoms with Crippen molar-refractivity contribution in [2.24, 2.45) is 7.05 Å². The predicted molar refractivity (Wildman–Crippen MR) is 105 cm³/mol. The Morgan fingerprint density at radius 1 is 1.10 bits per heavy atom. The average Bonchev–Trinajstić information content (AvgIpc) is 3.26. The third kappa shape index (κ3) is 4.37. The lowest BCUT2D eigenvalue weighted by atomic mass is 10.2. The van der Waals surface area contributed by atoms with Crippen molar-refractivity contribution in [3.63, 3.8) is 0 Å². The van der Waals surface area contributed by atoms with Crippen LogP contribution in [0.5, 0.6) is 5.88 Å². The second kappa shape index (κ2) is 7.66. The van der Waals surface area contributed by atoms with Crippen LogP contribution < -0.4 is 10.5 Å². The SMILES string of the molecule is Cc1ccc(COc2cc(-n3nc(N)nc3Cc3cnn(C)c3)nc(C)n2)nc1. The molecule has 0 saturated heterocycles. The number of aromatic nitrogens is 8. The summed E-state index contributed by atoms with van der Waals surface area (Å²) < 4.78 is 9.16. The third-order valence-electron chi connectivity index (χ3n) is 4.17. The molecule has 0 amide bonds. The molecule has 0 aromatic carbocycles. The van der Waals surface area contributed by atoms with Crippen molar-refractivity contribution in [1.82, 2.24) is 39.5 Å². The summed E-state index contributed by atoms with van der Waals surface area (Å²) in [6.45, 7) is 4.09. The van der Waals surface area contributed by atoms with Crippen LogP contribution in [0.2, 0.25) is 0 Å². The van der Waals surface area contributed by atoms with Gasteiger partial charge in [-0.2, -0.15) is 19.7 Å². The number of rotatable bonds is 6. The molecule has 0 fully saturated rings. The van der Waals surface area contributed by atoms with E-state index < -0.39 is 0 Å². The largest absolute Gasteiger partial charge is 0.471 e. The topological polar surface area (TPSA) is 122 Å². The summed E-state index contributed by atoms with van der Waals surface area (Å²) in [6.07, 6.45) is 6.02. The zero-order valence-corrected chi connectivity index (χ0v) is 16.4. The molecule has 0 aliphatic rings. The molecule has 10 heteroatoms. The van der Waals surface area contributed by atoms with E-state index in [0.717, 1.165) is 16.8 Å². The van der Waals surface area contributed by atoms with Gasteiger partial charge < -0.3 is 10.5 Å². The Morgan fingerprint density at radius 2 is 1.97 bits per heavy atom. The van der Waals surface area contributed by atoms with Crippen LogP contribution in [0.3, 0.4) is 0 Å². The number of nitrogens with zero attached hydrogens (tertiary/aromatic N) is 8. The minimum Gasteiger partial charge on any atom is -0.471 e. The molecular formula is C19H21N9O. The first-order chi connectivity index (χ1) is 14.0. The van der Waals surface area contributed by atoms with Crippen LogP contribution in [0.15, 0.2) is 36.8 Å². The van der Waals surface area contributed by atoms with Crippen molar-refractivity contribution in [3.05, 3.63) is 65.3 Å². The number of hydrogen-bond donors (Lipinski definition) is 1. The minimum atomic E-state index is 0.173. The molecule has 2 N–H and O–H groups in total. The lowest BCUT2D eigenvalue weighted by Crippen LogP contribution is -2.09. The third-order valence-corrected chi connectivity index (χ3v) is 4.17. The molecule has 0 spiro atoms. The predicted octanol–water partition coefficient (Wildman–Crippen LogP) is 1.55. The number of ether oxygens (including phenoxy) is 1. The van der Waals surface area contributed by atoms with Crippen LogP contribution in [-0.4, -0.2) is 39.5 Å². The van der Waals surface area contributed by atoms with Gasteiger partial charge in [0.25, 0.3) is 0 Å². The Balaban J connectivity index is 1.59. The van der Waals surface area contributed by atoms with Gasteiger partial charge in [0.15, 0.2) is 5.82 Å². The fourth-order valence-electron chi connectivity index (χ4n) is 2.85. The summed E-state index contributed by atoms with van der Waals surface area (Å²) in [5.41, 5.74) is 8.76. The van der Waals surface area contributed by atoms with Gasteiger partial charge in [-0.15, -0.1) is 5.10 Å². The minimum absolute atomic E-state index is 0.173. The van der Waals surface area contributed by atoms with Gasteiger partial charge in [0.05, 0.1) is 11.9 Å². The van der Waals surface area contributed by atoms with E-state index >= 15 is 0 Å². The highest BCUT2D eigenvalue weighted by atomic mass is 16.5. The van der Waals surface area contributed by atoms with Crippen molar-refractivity contribution in [2.45, 2.75) is 26.9 Å². The smallest absolute Gasteiger partial charge is 0.240 e. The first-order valence-electron chi connectivity index (χ1n) is 9.05. The first-order valence-corrected chi connectivity index (χ1v) is 9.05. The van der Waals surface area contributed by atoms with Crippen molar-refractivity contribution >= 4 is 5.95 Å². The number of nitrogen functional groups attached to an aromatic ring is 1. The highest BCUT2D eigenvalue weighted by Crippen LogP contribution is 2.18. The first kappa shape index (κ1) is 18.5. The zero-order valence-electron chi connectivity index (χ0n) is 16.4. The molecule has 0 saturated carbocycles. The molecule has 10 nitrogen and oxygen atoms in total. The summed E-state index contributed by atoms with van der Waals surface area (Å²) in [5, 5.41) is 8.48. The van der Waals surface area contributed by atoms with E-state index in [1.807, 2.05) is 32.3 Å². The molecule has 4 aromatic heterocycles. The van der Waals surface area contributed by atoms with Crippen LogP contribution >= 0.6 is 0 Å². The molecule has 0 unspecified atom stereocenters. The quantitative estimate of drug-likeness (QED) is 0.525. The number of aryl methyl sites for hydroxylation is 3. The number of pyridine rings is 1. The number of hydrogen-bond acceptors (Lipinski definition) is 8.